The van der Waals surface area contributed by atoms with Crippen LogP contribution in [0.4, 0.5) is 26.3 Å². The van der Waals surface area contributed by atoms with Crippen LogP contribution in [0.2, 0.25) is 0 Å². The number of hydrogen-bond acceptors (Lipinski definition) is 25. The molecule has 0 spiro atoms. The molecule has 10 unspecified atom stereocenters. The summed E-state index contributed by atoms with van der Waals surface area (Å²) in [6.07, 6.45) is -6.49. The number of aliphatic hydroxyl groups excluding tert-OH is 1. The van der Waals surface area contributed by atoms with Crippen molar-refractivity contribution in [1.82, 2.24) is 35.0 Å². The van der Waals surface area contributed by atoms with Crippen molar-refractivity contribution < 1.29 is 131 Å². The summed E-state index contributed by atoms with van der Waals surface area (Å²) < 4.78 is 178. The predicted octanol–water partition coefficient (Wildman–Crippen LogP) is 15.6. The Morgan fingerprint density at radius 3 is 1.18 bits per heavy atom. The number of methoxy groups -OCH3 is 3. The van der Waals surface area contributed by atoms with Gasteiger partial charge in [0.05, 0.1) is 107 Å². The van der Waals surface area contributed by atoms with Crippen LogP contribution in [0, 0.1) is 17.5 Å². The zero-order valence-corrected chi connectivity index (χ0v) is 81.8. The van der Waals surface area contributed by atoms with E-state index in [4.69, 9.17) is 62.1 Å². The van der Waals surface area contributed by atoms with Crippen molar-refractivity contribution in [3.8, 4) is 85.5 Å². The Morgan fingerprint density at radius 2 is 0.803 bits per heavy atom. The summed E-state index contributed by atoms with van der Waals surface area (Å²) in [6.45, 7) is 29.0. The summed E-state index contributed by atoms with van der Waals surface area (Å²) in [7, 11) is 1.33. The van der Waals surface area contributed by atoms with Gasteiger partial charge in [0.25, 0.3) is 11.8 Å². The zero-order valence-electron chi connectivity index (χ0n) is 80.1. The standard InChI is InChI=1S/C35H44FN3O8S.C33H41FN2O7S.C32H34F4N2O7/c1-9-29(40)47-21(2)18-45-26-15-12-23(16-27(26)44-8)32(41)37-19-35(7,42)28-17-25-31(30(38-28)22-10-13-24(36)14-11-22)46-20-34(25,6)39-48(43)33(3,4)5;1-20(37)18-42-26-13-10-22(16-27(26)41-7)25(38)14-15-33(6,39)28-17-24-30(29(35-28)21-8-11-23(34)12-9-21)43-19-32(24,5)36-44(40)31(2,3)4;1-6-26(39)45-18(2)15-43-23-12-9-20(13-24(23)42-5)29(40)37-16-31(41,32(34,35)36)25-14-22-28(44-17-30(22,3)4)27(38-25)19-7-10-21(33)11-8-19/h10-17,21,39,42H,9,18-20H2,1-8H3,(H,37,41);8-13,16-17,20,36-37,39H,14-15,18-19H2,1-7H3;7-14,18,41H,6,15-17H2,1-5H3,(H,37,40). The first-order valence-electron chi connectivity index (χ1n) is 44.2. The number of amides is 2. The first-order valence-corrected chi connectivity index (χ1v) is 46.5. The van der Waals surface area contributed by atoms with Crippen LogP contribution in [0.25, 0.3) is 33.8 Å². The number of ketones is 1. The predicted molar refractivity (Wildman–Crippen MR) is 501 cm³/mol. The van der Waals surface area contributed by atoms with Crippen LogP contribution in [-0.4, -0.2) is 181 Å². The van der Waals surface area contributed by atoms with Crippen molar-refractivity contribution in [2.75, 3.05) is 74.1 Å². The highest BCUT2D eigenvalue weighted by Crippen LogP contribution is 2.51. The lowest BCUT2D eigenvalue weighted by atomic mass is 9.84. The number of carbonyl (C=O) groups excluding carboxylic acids is 5. The molecule has 3 aliphatic heterocycles. The summed E-state index contributed by atoms with van der Waals surface area (Å²) in [5, 5.41) is 49.1. The fraction of sp³-hybridized carbons (Fsp3) is 0.440. The van der Waals surface area contributed by atoms with E-state index in [1.165, 1.54) is 88.9 Å². The Labute approximate surface area is 797 Å². The Morgan fingerprint density at radius 1 is 0.460 bits per heavy atom. The highest BCUT2D eigenvalue weighted by molar-refractivity contribution is 7.84. The first-order chi connectivity index (χ1) is 64.1. The largest absolute Gasteiger partial charge is 0.493 e. The van der Waals surface area contributed by atoms with Crippen molar-refractivity contribution in [1.29, 1.82) is 0 Å². The molecule has 0 fully saturated rings. The molecule has 137 heavy (non-hydrogen) atoms. The molecule has 0 radical (unpaired) electrons. The molecule has 0 saturated heterocycles. The average molecular weight is 1950 g/mol. The maximum absolute atomic E-state index is 14.6. The second-order valence-corrected chi connectivity index (χ2v) is 40.9. The van der Waals surface area contributed by atoms with E-state index in [9.17, 15) is 79.2 Å². The van der Waals surface area contributed by atoms with Crippen molar-refractivity contribution in [2.45, 2.75) is 211 Å². The van der Waals surface area contributed by atoms with Gasteiger partial charge in [0, 0.05) is 74.7 Å². The van der Waals surface area contributed by atoms with Gasteiger partial charge in [-0.3, -0.25) is 24.0 Å². The summed E-state index contributed by atoms with van der Waals surface area (Å²) in [5.41, 5.74) is -5.15. The SMILES string of the molecule is CCC(=O)OC(C)COc1ccc(C(=O)NCC(C)(O)c2cc3c(c(-c4ccc(F)cc4)n2)OCC3(C)NS(=O)C(C)(C)C)cc1OC.CCC(=O)OC(C)COc1ccc(C(=O)NCC(O)(c2cc3c(c(-c4ccc(F)cc4)n2)OCC3(C)C)C(F)(F)F)cc1OC.COc1cc(C(=O)CCC(C)(O)c2cc3c(c(-c4ccc(F)cc4)n2)OCC3(C)NS(=O)C(C)(C)C)ccc1OCC(C)O. The van der Waals surface area contributed by atoms with Gasteiger partial charge in [-0.15, -0.1) is 0 Å². The minimum Gasteiger partial charge on any atom is -0.493 e. The van der Waals surface area contributed by atoms with Gasteiger partial charge in [-0.05, 0) is 242 Å². The molecule has 0 saturated carbocycles. The number of Topliss-reactive ketones (excluding diaryl/α,β-unsaturated/α-hetero) is 1. The number of halogens is 6. The molecule has 6 heterocycles. The molecule has 10 atom stereocenters. The van der Waals surface area contributed by atoms with Crippen LogP contribution in [0.5, 0.6) is 51.7 Å². The number of fused-ring (bicyclic) bond motifs is 3. The number of hydrogen-bond donors (Lipinski definition) is 8. The number of carbonyl (C=O) groups is 5. The number of pyridine rings is 3. The number of alkyl halides is 3. The molecular formula is C100H119F6N7O22S2. The van der Waals surface area contributed by atoms with E-state index in [1.54, 1.807) is 122 Å². The van der Waals surface area contributed by atoms with Gasteiger partial charge in [0.2, 0.25) is 5.60 Å². The van der Waals surface area contributed by atoms with Crippen molar-refractivity contribution in [2.24, 2.45) is 0 Å². The van der Waals surface area contributed by atoms with E-state index < -0.39 is 137 Å². The van der Waals surface area contributed by atoms with Gasteiger partial charge in [0.15, 0.2) is 51.8 Å². The molecule has 3 aliphatic rings. The molecule has 740 valence electrons. The number of ether oxygens (including phenoxy) is 11. The summed E-state index contributed by atoms with van der Waals surface area (Å²) in [5.74, 6) is -0.898. The van der Waals surface area contributed by atoms with Gasteiger partial charge in [-0.1, -0.05) is 27.7 Å². The Kier molecular flexibility index (Phi) is 34.3. The number of esters is 2. The normalized spacial score (nSPS) is 17.6. The molecule has 0 aliphatic carbocycles. The maximum Gasteiger partial charge on any atom is 0.424 e. The minimum atomic E-state index is -5.27. The van der Waals surface area contributed by atoms with E-state index in [0.29, 0.717) is 85.0 Å². The third-order valence-corrected chi connectivity index (χ3v) is 26.0. The zero-order chi connectivity index (χ0) is 101. The van der Waals surface area contributed by atoms with E-state index in [2.05, 4.69) is 25.1 Å². The van der Waals surface area contributed by atoms with Gasteiger partial charge in [-0.25, -0.2) is 46.0 Å². The third kappa shape index (κ3) is 26.4. The van der Waals surface area contributed by atoms with Crippen LogP contribution >= 0.6 is 0 Å². The van der Waals surface area contributed by atoms with Crippen molar-refractivity contribution >= 4 is 51.5 Å². The molecule has 6 aromatic carbocycles. The third-order valence-electron chi connectivity index (χ3n) is 22.5. The lowest BCUT2D eigenvalue weighted by molar-refractivity contribution is -0.265. The Bertz CT molecular complexity index is 5900. The number of benzene rings is 6. The topological polar surface area (TPSA) is 389 Å². The number of rotatable bonds is 36. The highest BCUT2D eigenvalue weighted by Gasteiger charge is 2.58. The summed E-state index contributed by atoms with van der Waals surface area (Å²) in [6, 6.07) is 34.5. The minimum absolute atomic E-state index is 0.00109. The molecule has 9 aromatic rings. The molecular weight excluding hydrogens is 1830 g/mol. The van der Waals surface area contributed by atoms with E-state index in [-0.39, 0.29) is 129 Å². The second kappa shape index (κ2) is 43.9. The first kappa shape index (κ1) is 107. The number of nitrogens with zero attached hydrogens (tertiary/aromatic N) is 3. The lowest BCUT2D eigenvalue weighted by Crippen LogP contribution is -2.51. The summed E-state index contributed by atoms with van der Waals surface area (Å²) in [4.78, 5) is 76.2. The van der Waals surface area contributed by atoms with E-state index in [0.717, 1.165) is 18.2 Å². The second-order valence-electron chi connectivity index (χ2n) is 37.0. The average Bonchev–Trinajstić information content (AvgIpc) is 1.64. The molecule has 8 N–H and O–H groups in total. The Balaban J connectivity index is 0.000000212. The van der Waals surface area contributed by atoms with Gasteiger partial charge >= 0.3 is 18.1 Å². The van der Waals surface area contributed by atoms with Gasteiger partial charge in [0.1, 0.15) is 96.7 Å². The quantitative estimate of drug-likeness (QED) is 0.0103. The maximum atomic E-state index is 14.6. The number of nitrogens with one attached hydrogen (secondary N) is 4. The van der Waals surface area contributed by atoms with Crippen molar-refractivity contribution in [3.63, 3.8) is 0 Å². The van der Waals surface area contributed by atoms with Crippen LogP contribution in [-0.2, 0) is 74.3 Å². The van der Waals surface area contributed by atoms with Crippen LogP contribution in [0.15, 0.2) is 146 Å². The molecule has 0 bridgehead atoms. The van der Waals surface area contributed by atoms with E-state index >= 15 is 0 Å². The lowest BCUT2D eigenvalue weighted by Gasteiger charge is -2.31. The smallest absolute Gasteiger partial charge is 0.424 e. The monoisotopic (exact) mass is 1950 g/mol. The fourth-order valence-corrected chi connectivity index (χ4v) is 16.0. The van der Waals surface area contributed by atoms with Crippen LogP contribution < -0.4 is 62.7 Å². The molecule has 37 heteroatoms. The fourth-order valence-electron chi connectivity index (χ4n) is 14.2. The Hall–Kier alpha value is -11.8. The molecule has 29 nitrogen and oxygen atoms in total. The number of aromatic nitrogens is 3. The summed E-state index contributed by atoms with van der Waals surface area (Å²) >= 11 is 0. The van der Waals surface area contributed by atoms with Gasteiger partial charge in [-0.2, -0.15) is 13.2 Å². The molecule has 3 aromatic heterocycles. The molecule has 2 amide bonds. The van der Waals surface area contributed by atoms with Crippen LogP contribution in [0.3, 0.4) is 0 Å². The molecule has 12 rings (SSSR count). The van der Waals surface area contributed by atoms with Crippen molar-refractivity contribution in [3.05, 3.63) is 214 Å². The van der Waals surface area contributed by atoms with Crippen LogP contribution in [0.1, 0.15) is 208 Å². The van der Waals surface area contributed by atoms with Gasteiger partial charge < -0.3 is 83.2 Å². The highest BCUT2D eigenvalue weighted by atomic mass is 32.2. The number of aliphatic hydroxyl groups is 4. The van der Waals surface area contributed by atoms with E-state index in [1.807, 2.05) is 55.4 Å².